The number of nitrogens with one attached hydrogen (secondary N) is 1. The first-order valence-corrected chi connectivity index (χ1v) is 16.0. The Hall–Kier alpha value is -2.18. The average molecular weight is 568 g/mol. The summed E-state index contributed by atoms with van der Waals surface area (Å²) < 4.78 is 21.2. The fraction of sp³-hybridized carbons (Fsp3) is 0.594. The third-order valence-corrected chi connectivity index (χ3v) is 11.0. The number of fused-ring (bicyclic) bond motifs is 5. The second-order valence-electron chi connectivity index (χ2n) is 13.5. The lowest BCUT2D eigenvalue weighted by atomic mass is 9.43. The number of benzene rings is 2. The van der Waals surface area contributed by atoms with E-state index >= 15 is 0 Å². The van der Waals surface area contributed by atoms with Gasteiger partial charge in [-0.15, -0.1) is 0 Å². The van der Waals surface area contributed by atoms with Crippen molar-refractivity contribution in [2.24, 2.45) is 22.7 Å². The molecular weight excluding hydrogens is 525 g/mol. The first-order valence-electron chi connectivity index (χ1n) is 14.5. The molecule has 218 valence electrons. The van der Waals surface area contributed by atoms with E-state index in [1.54, 1.807) is 19.2 Å². The number of phosphoric ester groups is 1. The number of ether oxygens (including phenoxy) is 1. The van der Waals surface area contributed by atoms with Crippen molar-refractivity contribution in [1.82, 2.24) is 5.32 Å². The number of rotatable bonds is 7. The van der Waals surface area contributed by atoms with Crippen LogP contribution >= 0.6 is 7.82 Å². The Morgan fingerprint density at radius 1 is 1.05 bits per heavy atom. The molecule has 0 aliphatic heterocycles. The van der Waals surface area contributed by atoms with E-state index in [1.807, 2.05) is 6.07 Å². The van der Waals surface area contributed by atoms with Crippen LogP contribution in [-0.2, 0) is 27.6 Å². The van der Waals surface area contributed by atoms with Crippen molar-refractivity contribution in [2.75, 3.05) is 7.05 Å². The summed E-state index contributed by atoms with van der Waals surface area (Å²) >= 11 is 0. The van der Waals surface area contributed by atoms with Gasteiger partial charge in [0.05, 0.1) is 0 Å². The van der Waals surface area contributed by atoms with Gasteiger partial charge in [0.15, 0.2) is 0 Å². The van der Waals surface area contributed by atoms with Crippen LogP contribution in [0.1, 0.15) is 82.1 Å². The molecule has 0 spiro atoms. The molecule has 0 bridgehead atoms. The molecule has 0 aromatic heterocycles. The van der Waals surface area contributed by atoms with Crippen molar-refractivity contribution in [1.29, 1.82) is 0 Å². The van der Waals surface area contributed by atoms with Crippen molar-refractivity contribution in [3.63, 3.8) is 0 Å². The van der Waals surface area contributed by atoms with E-state index in [9.17, 15) is 19.1 Å². The minimum Gasteiger partial charge on any atom is -0.780 e. The van der Waals surface area contributed by atoms with Crippen molar-refractivity contribution >= 4 is 13.8 Å². The quantitative estimate of drug-likeness (QED) is 0.285. The standard InChI is InChI=1S/C32H44NO6P/c1-20-16-24(38-29(34)25(33-6)17-21-8-10-23(11-9-21)39-40(35,36)37)18-22-19-27-31(4)14-7-13-30(2,3)26(31)12-15-32(27,5)28(20)22/h8-11,16,18,25-27,33H,7,12-15,17,19H2,1-6H3,(H2,35,36,37)/p-2/t25?,26?,27-,31+,32?/m1/s1. The number of carbonyl (C=O) groups is 1. The maximum atomic E-state index is 13.2. The van der Waals surface area contributed by atoms with Gasteiger partial charge in [-0.25, -0.2) is 4.79 Å². The molecule has 5 rings (SSSR count). The van der Waals surface area contributed by atoms with E-state index < -0.39 is 13.9 Å². The van der Waals surface area contributed by atoms with Crippen LogP contribution in [0.25, 0.3) is 0 Å². The van der Waals surface area contributed by atoms with Crippen LogP contribution in [0.5, 0.6) is 11.5 Å². The third kappa shape index (κ3) is 5.27. The van der Waals surface area contributed by atoms with E-state index in [2.05, 4.69) is 50.5 Å². The van der Waals surface area contributed by atoms with Gasteiger partial charge in [-0.2, -0.15) is 0 Å². The highest BCUT2D eigenvalue weighted by Gasteiger charge is 2.61. The van der Waals surface area contributed by atoms with Crippen LogP contribution in [0.15, 0.2) is 36.4 Å². The minimum atomic E-state index is -5.12. The minimum absolute atomic E-state index is 0.0551. The monoisotopic (exact) mass is 567 g/mol. The number of aryl methyl sites for hydroxylation is 1. The highest BCUT2D eigenvalue weighted by molar-refractivity contribution is 7.43. The van der Waals surface area contributed by atoms with Gasteiger partial charge in [-0.1, -0.05) is 46.2 Å². The Labute approximate surface area is 238 Å². The summed E-state index contributed by atoms with van der Waals surface area (Å²) in [6, 6.07) is 9.58. The van der Waals surface area contributed by atoms with Crippen molar-refractivity contribution < 1.29 is 28.4 Å². The maximum absolute atomic E-state index is 13.2. The van der Waals surface area contributed by atoms with Gasteiger partial charge in [-0.3, -0.25) is 0 Å². The van der Waals surface area contributed by atoms with Gasteiger partial charge >= 0.3 is 5.97 Å². The zero-order valence-corrected chi connectivity index (χ0v) is 25.4. The largest absolute Gasteiger partial charge is 0.780 e. The molecule has 7 nitrogen and oxygen atoms in total. The van der Waals surface area contributed by atoms with Crippen LogP contribution in [0.4, 0.5) is 0 Å². The van der Waals surface area contributed by atoms with Crippen molar-refractivity contribution in [2.45, 2.75) is 91.0 Å². The average Bonchev–Trinajstić information content (AvgIpc) is 3.16. The fourth-order valence-electron chi connectivity index (χ4n) is 9.03. The smallest absolute Gasteiger partial charge is 0.328 e. The molecule has 0 radical (unpaired) electrons. The topological polar surface area (TPSA) is 111 Å². The fourth-order valence-corrected chi connectivity index (χ4v) is 9.41. The zero-order valence-electron chi connectivity index (χ0n) is 24.5. The number of hydrogen-bond donors (Lipinski definition) is 1. The number of hydrogen-bond acceptors (Lipinski definition) is 7. The molecule has 0 amide bonds. The van der Waals surface area contributed by atoms with Gasteiger partial charge in [0.2, 0.25) is 0 Å². The maximum Gasteiger partial charge on any atom is 0.328 e. The Morgan fingerprint density at radius 2 is 1.75 bits per heavy atom. The summed E-state index contributed by atoms with van der Waals surface area (Å²) in [6.45, 7) is 12.1. The van der Waals surface area contributed by atoms with Crippen molar-refractivity contribution in [3.8, 4) is 11.5 Å². The molecule has 2 saturated carbocycles. The first-order chi connectivity index (χ1) is 18.7. The number of phosphoric acid groups is 1. The Balaban J connectivity index is 1.33. The van der Waals surface area contributed by atoms with E-state index in [0.29, 0.717) is 28.9 Å². The summed E-state index contributed by atoms with van der Waals surface area (Å²) in [7, 11) is -3.41. The van der Waals surface area contributed by atoms with E-state index in [-0.39, 0.29) is 17.1 Å². The second kappa shape index (κ2) is 10.3. The van der Waals surface area contributed by atoms with Crippen LogP contribution in [0.2, 0.25) is 0 Å². The van der Waals surface area contributed by atoms with Gasteiger partial charge in [0, 0.05) is 0 Å². The Morgan fingerprint density at radius 3 is 2.40 bits per heavy atom. The number of likely N-dealkylation sites (N-methyl/N-ethyl adjacent to an activating group) is 1. The summed E-state index contributed by atoms with van der Waals surface area (Å²) in [5.74, 6) is 1.47. The molecule has 3 aliphatic rings. The zero-order chi connectivity index (χ0) is 29.1. The SMILES string of the molecule is CNC(Cc1ccc(OP(=O)([O-])[O-])cc1)C(=O)Oc1cc(C)c2c(c1)C[C@H]1C2(C)CCC2C(C)(C)CCC[C@@]21C. The van der Waals surface area contributed by atoms with Gasteiger partial charge in [0.1, 0.15) is 25.4 Å². The lowest BCUT2D eigenvalue weighted by molar-refractivity contribution is -0.333. The molecular formula is C32H42NO6P-2. The molecule has 3 aliphatic carbocycles. The highest BCUT2D eigenvalue weighted by Crippen LogP contribution is 2.68. The van der Waals surface area contributed by atoms with Crippen LogP contribution in [0, 0.1) is 29.6 Å². The molecule has 8 heteroatoms. The van der Waals surface area contributed by atoms with E-state index in [0.717, 1.165) is 17.9 Å². The van der Waals surface area contributed by atoms with E-state index in [4.69, 9.17) is 4.74 Å². The van der Waals surface area contributed by atoms with E-state index in [1.165, 1.54) is 60.9 Å². The number of carbonyl (C=O) groups excluding carboxylic acids is 1. The van der Waals surface area contributed by atoms with Gasteiger partial charge in [0.25, 0.3) is 0 Å². The summed E-state index contributed by atoms with van der Waals surface area (Å²) in [6.07, 6.45) is 7.75. The molecule has 1 N–H and O–H groups in total. The summed E-state index contributed by atoms with van der Waals surface area (Å²) in [5, 5.41) is 3.03. The second-order valence-corrected chi connectivity index (χ2v) is 14.6. The summed E-state index contributed by atoms with van der Waals surface area (Å²) in [5.41, 5.74) is 5.61. The molecule has 2 aromatic carbocycles. The summed E-state index contributed by atoms with van der Waals surface area (Å²) in [4.78, 5) is 34.9. The molecule has 3 unspecified atom stereocenters. The third-order valence-electron chi connectivity index (χ3n) is 10.6. The molecule has 40 heavy (non-hydrogen) atoms. The van der Waals surface area contributed by atoms with Gasteiger partial charge in [-0.05, 0) is 127 Å². The van der Waals surface area contributed by atoms with Crippen LogP contribution in [0.3, 0.4) is 0 Å². The molecule has 2 aromatic rings. The van der Waals surface area contributed by atoms with Crippen molar-refractivity contribution in [3.05, 3.63) is 58.7 Å². The first kappa shape index (κ1) is 29.3. The van der Waals surface area contributed by atoms with Crippen LogP contribution < -0.4 is 24.4 Å². The molecule has 0 saturated heterocycles. The highest BCUT2D eigenvalue weighted by atomic mass is 31.2. The van der Waals surface area contributed by atoms with Gasteiger partial charge < -0.3 is 28.9 Å². The Kier molecular flexibility index (Phi) is 7.53. The normalized spacial score (nSPS) is 29.6. The lowest BCUT2D eigenvalue weighted by Crippen LogP contribution is -2.55. The molecule has 0 heterocycles. The molecule has 2 fully saturated rings. The number of esters is 1. The predicted molar refractivity (Wildman–Crippen MR) is 151 cm³/mol. The predicted octanol–water partition coefficient (Wildman–Crippen LogP) is 5.00. The van der Waals surface area contributed by atoms with Crippen LogP contribution in [-0.4, -0.2) is 19.1 Å². The lowest BCUT2D eigenvalue weighted by Gasteiger charge is -2.61. The molecule has 5 atom stereocenters. The Bertz CT molecular complexity index is 1330.